The van der Waals surface area contributed by atoms with E-state index in [1.54, 1.807) is 0 Å². The van der Waals surface area contributed by atoms with Crippen LogP contribution in [-0.4, -0.2) is 54.4 Å². The summed E-state index contributed by atoms with van der Waals surface area (Å²) in [7, 11) is 0. The summed E-state index contributed by atoms with van der Waals surface area (Å²) < 4.78 is 0. The number of nitrogens with zero attached hydrogens (tertiary/aromatic N) is 3. The first-order valence-corrected chi connectivity index (χ1v) is 8.49. The molecule has 2 saturated heterocycles. The van der Waals surface area contributed by atoms with Gasteiger partial charge < -0.3 is 15.5 Å². The smallest absolute Gasteiger partial charge is 0.222 e. The number of nitrogens with two attached hydrogens (primary N) is 1. The molecule has 5 nitrogen and oxygen atoms in total. The molecule has 21 heavy (non-hydrogen) atoms. The highest BCUT2D eigenvalue weighted by atomic mass is 16.2. The Hall–Kier alpha value is -1.26. The van der Waals surface area contributed by atoms with Crippen molar-refractivity contribution in [2.24, 2.45) is 16.6 Å². The standard InChI is InChI=1S/C16H30N4O/c1-14-7-5-11-20(13-14)16(17)18-9-6-12-19-10-4-2-3-8-15(19)21/h14H,2-13H2,1H3,(H2,17,18). The Balaban J connectivity index is 1.70. The molecule has 0 aromatic rings. The lowest BCUT2D eigenvalue weighted by molar-refractivity contribution is -0.130. The number of guanidine groups is 1. The minimum atomic E-state index is 0.314. The monoisotopic (exact) mass is 294 g/mol. The minimum absolute atomic E-state index is 0.314. The van der Waals surface area contributed by atoms with Crippen molar-refractivity contribution in [1.29, 1.82) is 0 Å². The van der Waals surface area contributed by atoms with Crippen LogP contribution in [0, 0.1) is 5.92 Å². The van der Waals surface area contributed by atoms with E-state index in [4.69, 9.17) is 5.73 Å². The quantitative estimate of drug-likeness (QED) is 0.489. The topological polar surface area (TPSA) is 61.9 Å². The van der Waals surface area contributed by atoms with E-state index < -0.39 is 0 Å². The van der Waals surface area contributed by atoms with E-state index in [0.717, 1.165) is 58.4 Å². The zero-order valence-corrected chi connectivity index (χ0v) is 13.4. The van der Waals surface area contributed by atoms with Crippen LogP contribution in [0.25, 0.3) is 0 Å². The number of rotatable bonds is 4. The van der Waals surface area contributed by atoms with Gasteiger partial charge in [-0.05, 0) is 38.0 Å². The number of piperidine rings is 1. The molecule has 0 bridgehead atoms. The molecule has 0 spiro atoms. The van der Waals surface area contributed by atoms with E-state index in [0.29, 0.717) is 17.8 Å². The molecule has 2 aliphatic heterocycles. The molecule has 0 aliphatic carbocycles. The van der Waals surface area contributed by atoms with Crippen LogP contribution >= 0.6 is 0 Å². The first kappa shape index (κ1) is 16.1. The lowest BCUT2D eigenvalue weighted by Crippen LogP contribution is -2.43. The fourth-order valence-corrected chi connectivity index (χ4v) is 3.23. The summed E-state index contributed by atoms with van der Waals surface area (Å²) in [6.07, 6.45) is 7.50. The Labute approximate surface area is 128 Å². The van der Waals surface area contributed by atoms with Gasteiger partial charge in [0.25, 0.3) is 0 Å². The zero-order valence-electron chi connectivity index (χ0n) is 13.4. The van der Waals surface area contributed by atoms with Crippen LogP contribution in [0.5, 0.6) is 0 Å². The van der Waals surface area contributed by atoms with E-state index >= 15 is 0 Å². The van der Waals surface area contributed by atoms with Gasteiger partial charge in [-0.25, -0.2) is 0 Å². The number of amides is 1. The normalized spacial score (nSPS) is 25.1. The second kappa shape index (κ2) is 8.25. The van der Waals surface area contributed by atoms with Crippen molar-refractivity contribution in [1.82, 2.24) is 9.80 Å². The number of hydrogen-bond acceptors (Lipinski definition) is 2. The lowest BCUT2D eigenvalue weighted by Gasteiger charge is -2.31. The van der Waals surface area contributed by atoms with E-state index in [9.17, 15) is 4.79 Å². The third-order valence-electron chi connectivity index (χ3n) is 4.51. The minimum Gasteiger partial charge on any atom is -0.370 e. The molecule has 2 N–H and O–H groups in total. The van der Waals surface area contributed by atoms with Crippen molar-refractivity contribution < 1.29 is 4.79 Å². The third-order valence-corrected chi connectivity index (χ3v) is 4.51. The first-order valence-electron chi connectivity index (χ1n) is 8.49. The van der Waals surface area contributed by atoms with Crippen molar-refractivity contribution in [2.75, 3.05) is 32.7 Å². The second-order valence-electron chi connectivity index (χ2n) is 6.48. The maximum absolute atomic E-state index is 11.9. The van der Waals surface area contributed by atoms with Crippen LogP contribution < -0.4 is 5.73 Å². The molecule has 2 fully saturated rings. The Morgan fingerprint density at radius 1 is 1.29 bits per heavy atom. The SMILES string of the molecule is CC1CCCN(C(N)=NCCCN2CCCCCC2=O)C1. The fraction of sp³-hybridized carbons (Fsp3) is 0.875. The van der Waals surface area contributed by atoms with Crippen molar-refractivity contribution in [3.05, 3.63) is 0 Å². The zero-order chi connectivity index (χ0) is 15.1. The van der Waals surface area contributed by atoms with Crippen LogP contribution in [-0.2, 0) is 4.79 Å². The summed E-state index contributed by atoms with van der Waals surface area (Å²) in [5, 5.41) is 0. The summed E-state index contributed by atoms with van der Waals surface area (Å²) in [6, 6.07) is 0. The Morgan fingerprint density at radius 3 is 2.95 bits per heavy atom. The molecule has 1 unspecified atom stereocenters. The molecule has 0 saturated carbocycles. The highest BCUT2D eigenvalue weighted by molar-refractivity contribution is 5.78. The summed E-state index contributed by atoms with van der Waals surface area (Å²) in [4.78, 5) is 20.6. The lowest BCUT2D eigenvalue weighted by atomic mass is 10.0. The summed E-state index contributed by atoms with van der Waals surface area (Å²) >= 11 is 0. The molecule has 1 atom stereocenters. The Bertz CT molecular complexity index is 369. The van der Waals surface area contributed by atoms with E-state index in [1.165, 1.54) is 19.3 Å². The van der Waals surface area contributed by atoms with Gasteiger partial charge in [0.05, 0.1) is 0 Å². The van der Waals surface area contributed by atoms with Gasteiger partial charge in [-0.2, -0.15) is 0 Å². The number of carbonyl (C=O) groups excluding carboxylic acids is 1. The van der Waals surface area contributed by atoms with Crippen molar-refractivity contribution in [3.8, 4) is 0 Å². The van der Waals surface area contributed by atoms with E-state index in [2.05, 4.69) is 16.8 Å². The fourth-order valence-electron chi connectivity index (χ4n) is 3.23. The van der Waals surface area contributed by atoms with Gasteiger partial charge in [0, 0.05) is 39.1 Å². The molecular formula is C16H30N4O. The molecule has 1 amide bonds. The molecule has 0 aromatic carbocycles. The number of carbonyl (C=O) groups is 1. The van der Waals surface area contributed by atoms with Crippen molar-refractivity contribution in [3.63, 3.8) is 0 Å². The van der Waals surface area contributed by atoms with Gasteiger partial charge in [-0.1, -0.05) is 13.3 Å². The predicted molar refractivity (Wildman–Crippen MR) is 86.1 cm³/mol. The average molecular weight is 294 g/mol. The molecular weight excluding hydrogens is 264 g/mol. The Kier molecular flexibility index (Phi) is 6.33. The van der Waals surface area contributed by atoms with Gasteiger partial charge in [0.1, 0.15) is 0 Å². The number of likely N-dealkylation sites (tertiary alicyclic amines) is 2. The van der Waals surface area contributed by atoms with Crippen LogP contribution in [0.15, 0.2) is 4.99 Å². The van der Waals surface area contributed by atoms with Crippen LogP contribution in [0.3, 0.4) is 0 Å². The molecule has 2 heterocycles. The highest BCUT2D eigenvalue weighted by Gasteiger charge is 2.18. The third kappa shape index (κ3) is 5.21. The molecule has 120 valence electrons. The maximum atomic E-state index is 11.9. The van der Waals surface area contributed by atoms with Crippen LogP contribution in [0.2, 0.25) is 0 Å². The molecule has 5 heteroatoms. The van der Waals surface area contributed by atoms with Crippen molar-refractivity contribution in [2.45, 2.75) is 51.9 Å². The summed E-state index contributed by atoms with van der Waals surface area (Å²) in [6.45, 7) is 6.79. The first-order chi connectivity index (χ1) is 10.2. The van der Waals surface area contributed by atoms with E-state index in [1.807, 2.05) is 4.90 Å². The van der Waals surface area contributed by atoms with E-state index in [-0.39, 0.29) is 0 Å². The Morgan fingerprint density at radius 2 is 2.14 bits per heavy atom. The van der Waals surface area contributed by atoms with Gasteiger partial charge in [0.2, 0.25) is 5.91 Å². The number of aliphatic imine (C=N–C) groups is 1. The van der Waals surface area contributed by atoms with Gasteiger partial charge in [-0.3, -0.25) is 9.79 Å². The number of hydrogen-bond donors (Lipinski definition) is 1. The van der Waals surface area contributed by atoms with Crippen molar-refractivity contribution >= 4 is 11.9 Å². The van der Waals surface area contributed by atoms with Crippen LogP contribution in [0.4, 0.5) is 0 Å². The van der Waals surface area contributed by atoms with Crippen LogP contribution in [0.1, 0.15) is 51.9 Å². The van der Waals surface area contributed by atoms with Gasteiger partial charge >= 0.3 is 0 Å². The average Bonchev–Trinajstić information content (AvgIpc) is 2.68. The van der Waals surface area contributed by atoms with Gasteiger partial charge in [0.15, 0.2) is 5.96 Å². The molecule has 2 aliphatic rings. The maximum Gasteiger partial charge on any atom is 0.222 e. The molecule has 0 radical (unpaired) electrons. The summed E-state index contributed by atoms with van der Waals surface area (Å²) in [5.41, 5.74) is 6.08. The second-order valence-corrected chi connectivity index (χ2v) is 6.48. The molecule has 0 aromatic heterocycles. The predicted octanol–water partition coefficient (Wildman–Crippen LogP) is 1.83. The van der Waals surface area contributed by atoms with Gasteiger partial charge in [-0.15, -0.1) is 0 Å². The highest BCUT2D eigenvalue weighted by Crippen LogP contribution is 2.15. The largest absolute Gasteiger partial charge is 0.370 e. The molecule has 2 rings (SSSR count). The summed E-state index contributed by atoms with van der Waals surface area (Å²) in [5.74, 6) is 1.71.